The smallest absolute Gasteiger partial charge is 0.410 e. The van der Waals surface area contributed by atoms with Crippen molar-refractivity contribution in [3.8, 4) is 0 Å². The molecule has 0 saturated carbocycles. The van der Waals surface area contributed by atoms with Crippen LogP contribution in [-0.2, 0) is 9.47 Å². The first-order valence-corrected chi connectivity index (χ1v) is 8.25. The molecular weight excluding hydrogens is 351 g/mol. The molecule has 1 aliphatic heterocycles. The van der Waals surface area contributed by atoms with Gasteiger partial charge in [0.2, 0.25) is 0 Å². The van der Waals surface area contributed by atoms with Crippen LogP contribution in [0.4, 0.5) is 9.18 Å². The Labute approximate surface area is 151 Å². The summed E-state index contributed by atoms with van der Waals surface area (Å²) in [5.74, 6) is -0.976. The van der Waals surface area contributed by atoms with Gasteiger partial charge in [0, 0.05) is 13.7 Å². The molecule has 8 heteroatoms. The van der Waals surface area contributed by atoms with E-state index in [9.17, 15) is 14.0 Å². The topological polar surface area (TPSA) is 67.9 Å². The van der Waals surface area contributed by atoms with Gasteiger partial charge in [-0.25, -0.2) is 9.18 Å². The van der Waals surface area contributed by atoms with E-state index in [-0.39, 0.29) is 23.2 Å². The van der Waals surface area contributed by atoms with Crippen molar-refractivity contribution in [3.63, 3.8) is 0 Å². The van der Waals surface area contributed by atoms with Gasteiger partial charge in [0.05, 0.1) is 29.3 Å². The van der Waals surface area contributed by atoms with Crippen LogP contribution < -0.4 is 5.32 Å². The van der Waals surface area contributed by atoms with Gasteiger partial charge in [-0.3, -0.25) is 4.79 Å². The molecule has 6 nitrogen and oxygen atoms in total. The van der Waals surface area contributed by atoms with Crippen LogP contribution in [-0.4, -0.2) is 54.8 Å². The molecule has 2 atom stereocenters. The number of nitrogens with zero attached hydrogens (tertiary/aromatic N) is 1. The molecule has 1 N–H and O–H groups in total. The highest BCUT2D eigenvalue weighted by atomic mass is 35.5. The average molecular weight is 373 g/mol. The minimum atomic E-state index is -0.609. The summed E-state index contributed by atoms with van der Waals surface area (Å²) in [7, 11) is 1.51. The lowest BCUT2D eigenvalue weighted by Crippen LogP contribution is -2.44. The Balaban J connectivity index is 2.05. The summed E-state index contributed by atoms with van der Waals surface area (Å²) in [5.41, 5.74) is -0.448. The monoisotopic (exact) mass is 372 g/mol. The van der Waals surface area contributed by atoms with E-state index in [1.54, 1.807) is 20.8 Å². The maximum Gasteiger partial charge on any atom is 0.410 e. The maximum atomic E-state index is 13.1. The largest absolute Gasteiger partial charge is 0.444 e. The fourth-order valence-corrected chi connectivity index (χ4v) is 2.80. The van der Waals surface area contributed by atoms with Gasteiger partial charge < -0.3 is 19.7 Å². The third-order valence-electron chi connectivity index (χ3n) is 3.71. The SMILES string of the molecule is COC1CN(C(=O)OC(C)(C)C)CC1NC(=O)c1ccc(F)cc1Cl. The zero-order valence-corrected chi connectivity index (χ0v) is 15.4. The van der Waals surface area contributed by atoms with Crippen molar-refractivity contribution in [2.45, 2.75) is 38.5 Å². The molecule has 0 aromatic heterocycles. The van der Waals surface area contributed by atoms with Crippen LogP contribution in [0.25, 0.3) is 0 Å². The molecule has 1 aromatic rings. The summed E-state index contributed by atoms with van der Waals surface area (Å²) >= 11 is 5.92. The first-order valence-electron chi connectivity index (χ1n) is 7.87. The van der Waals surface area contributed by atoms with E-state index in [2.05, 4.69) is 5.32 Å². The first kappa shape index (κ1) is 19.5. The van der Waals surface area contributed by atoms with Crippen LogP contribution in [0.1, 0.15) is 31.1 Å². The van der Waals surface area contributed by atoms with Crippen molar-refractivity contribution in [2.75, 3.05) is 20.2 Å². The van der Waals surface area contributed by atoms with E-state index in [0.29, 0.717) is 6.54 Å². The number of rotatable bonds is 3. The maximum absolute atomic E-state index is 13.1. The Kier molecular flexibility index (Phi) is 5.90. The summed E-state index contributed by atoms with van der Waals surface area (Å²) in [6.07, 6.45) is -0.846. The Hall–Kier alpha value is -1.86. The van der Waals surface area contributed by atoms with Gasteiger partial charge >= 0.3 is 6.09 Å². The van der Waals surface area contributed by atoms with E-state index in [4.69, 9.17) is 21.1 Å². The van der Waals surface area contributed by atoms with Crippen molar-refractivity contribution >= 4 is 23.6 Å². The fourth-order valence-electron chi connectivity index (χ4n) is 2.55. The van der Waals surface area contributed by atoms with E-state index in [1.807, 2.05) is 0 Å². The molecule has 0 radical (unpaired) electrons. The Morgan fingerprint density at radius 3 is 2.56 bits per heavy atom. The lowest BCUT2D eigenvalue weighted by atomic mass is 10.1. The third kappa shape index (κ3) is 5.06. The molecule has 0 spiro atoms. The molecule has 0 aliphatic carbocycles. The fraction of sp³-hybridized carbons (Fsp3) is 0.529. The van der Waals surface area contributed by atoms with Gasteiger partial charge in [-0.2, -0.15) is 0 Å². The number of benzene rings is 1. The van der Waals surface area contributed by atoms with Crippen LogP contribution in [0, 0.1) is 5.82 Å². The molecule has 0 bridgehead atoms. The number of methoxy groups -OCH3 is 1. The Morgan fingerprint density at radius 2 is 2.00 bits per heavy atom. The van der Waals surface area contributed by atoms with E-state index in [0.717, 1.165) is 12.1 Å². The number of carbonyl (C=O) groups excluding carboxylic acids is 2. The van der Waals surface area contributed by atoms with Crippen LogP contribution >= 0.6 is 11.6 Å². The lowest BCUT2D eigenvalue weighted by molar-refractivity contribution is 0.0252. The molecule has 1 fully saturated rings. The summed E-state index contributed by atoms with van der Waals surface area (Å²) in [6, 6.07) is 3.13. The van der Waals surface area contributed by atoms with Crippen molar-refractivity contribution < 1.29 is 23.5 Å². The van der Waals surface area contributed by atoms with Crippen molar-refractivity contribution in [1.29, 1.82) is 0 Å². The molecule has 2 amide bonds. The van der Waals surface area contributed by atoms with Crippen LogP contribution in [0.15, 0.2) is 18.2 Å². The number of likely N-dealkylation sites (tertiary alicyclic amines) is 1. The predicted molar refractivity (Wildman–Crippen MR) is 91.3 cm³/mol. The lowest BCUT2D eigenvalue weighted by Gasteiger charge is -2.24. The van der Waals surface area contributed by atoms with Crippen LogP contribution in [0.2, 0.25) is 5.02 Å². The molecular formula is C17H22ClFN2O4. The summed E-state index contributed by atoms with van der Waals surface area (Å²) < 4.78 is 23.8. The second-order valence-electron chi connectivity index (χ2n) is 6.86. The van der Waals surface area contributed by atoms with Gasteiger partial charge in [-0.15, -0.1) is 0 Å². The number of nitrogens with one attached hydrogen (secondary N) is 1. The van der Waals surface area contributed by atoms with Gasteiger partial charge in [-0.05, 0) is 39.0 Å². The molecule has 1 heterocycles. The number of halogens is 2. The summed E-state index contributed by atoms with van der Waals surface area (Å²) in [4.78, 5) is 26.1. The van der Waals surface area contributed by atoms with Crippen LogP contribution in [0.3, 0.4) is 0 Å². The van der Waals surface area contributed by atoms with Crippen LogP contribution in [0.5, 0.6) is 0 Å². The van der Waals surface area contributed by atoms with Gasteiger partial charge in [0.25, 0.3) is 5.91 Å². The van der Waals surface area contributed by atoms with E-state index in [1.165, 1.54) is 18.1 Å². The highest BCUT2D eigenvalue weighted by Gasteiger charge is 2.38. The van der Waals surface area contributed by atoms with Crippen molar-refractivity contribution in [2.24, 2.45) is 0 Å². The van der Waals surface area contributed by atoms with E-state index >= 15 is 0 Å². The zero-order chi connectivity index (χ0) is 18.8. The molecule has 1 aliphatic rings. The highest BCUT2D eigenvalue weighted by Crippen LogP contribution is 2.20. The first-order chi connectivity index (χ1) is 11.6. The number of hydrogen-bond acceptors (Lipinski definition) is 4. The normalized spacial score (nSPS) is 20.5. The van der Waals surface area contributed by atoms with Gasteiger partial charge in [-0.1, -0.05) is 11.6 Å². The van der Waals surface area contributed by atoms with Gasteiger partial charge in [0.1, 0.15) is 11.4 Å². The third-order valence-corrected chi connectivity index (χ3v) is 4.03. The second-order valence-corrected chi connectivity index (χ2v) is 7.27. The number of amides is 2. The van der Waals surface area contributed by atoms with Crippen molar-refractivity contribution in [3.05, 3.63) is 34.6 Å². The quantitative estimate of drug-likeness (QED) is 0.885. The van der Waals surface area contributed by atoms with Crippen molar-refractivity contribution in [1.82, 2.24) is 10.2 Å². The molecule has 1 saturated heterocycles. The molecule has 1 aromatic carbocycles. The minimum absolute atomic E-state index is 0.0217. The molecule has 25 heavy (non-hydrogen) atoms. The highest BCUT2D eigenvalue weighted by molar-refractivity contribution is 6.33. The molecule has 2 unspecified atom stereocenters. The molecule has 2 rings (SSSR count). The Morgan fingerprint density at radius 1 is 1.32 bits per heavy atom. The average Bonchev–Trinajstić information content (AvgIpc) is 2.88. The Bertz CT molecular complexity index is 663. The minimum Gasteiger partial charge on any atom is -0.444 e. The summed E-state index contributed by atoms with van der Waals surface area (Å²) in [5, 5.41) is 2.81. The zero-order valence-electron chi connectivity index (χ0n) is 14.6. The van der Waals surface area contributed by atoms with Gasteiger partial charge in [0.15, 0.2) is 0 Å². The number of ether oxygens (including phenoxy) is 2. The van der Waals surface area contributed by atoms with E-state index < -0.39 is 29.5 Å². The second kappa shape index (κ2) is 7.58. The number of hydrogen-bond donors (Lipinski definition) is 1. The summed E-state index contributed by atoms with van der Waals surface area (Å²) in [6.45, 7) is 5.89. The predicted octanol–water partition coefficient (Wildman–Crippen LogP) is 2.84. The number of carbonyl (C=O) groups is 2. The molecule has 138 valence electrons. The standard InChI is InChI=1S/C17H22ClFN2O4/c1-17(2,3)25-16(23)21-8-13(14(9-21)24-4)20-15(22)11-6-5-10(19)7-12(11)18/h5-7,13-14H,8-9H2,1-4H3,(H,20,22).